The summed E-state index contributed by atoms with van der Waals surface area (Å²) >= 11 is 0. The summed E-state index contributed by atoms with van der Waals surface area (Å²) in [5.74, 6) is -2.19. The molecule has 2 aliphatic rings. The van der Waals surface area contributed by atoms with Gasteiger partial charge in [0, 0.05) is 0 Å². The number of imide groups is 1. The largest absolute Gasteiger partial charge is 0.478 e. The maximum absolute atomic E-state index is 12.6. The molecular formula is C16H15NO4. The number of carboxylic acid groups (broad SMARTS) is 1. The molecule has 2 amide bonds. The Morgan fingerprint density at radius 3 is 2.71 bits per heavy atom. The van der Waals surface area contributed by atoms with E-state index in [2.05, 4.69) is 0 Å². The second kappa shape index (κ2) is 4.84. The number of amides is 2. The normalized spacial score (nSPS) is 27.9. The topological polar surface area (TPSA) is 74.7 Å². The van der Waals surface area contributed by atoms with Gasteiger partial charge >= 0.3 is 5.97 Å². The van der Waals surface area contributed by atoms with Gasteiger partial charge in [0.05, 0.1) is 23.1 Å². The zero-order chi connectivity index (χ0) is 15.1. The van der Waals surface area contributed by atoms with Gasteiger partial charge in [-0.2, -0.15) is 0 Å². The molecule has 0 saturated carbocycles. The molecule has 1 aromatic rings. The van der Waals surface area contributed by atoms with Gasteiger partial charge in [0.1, 0.15) is 0 Å². The lowest BCUT2D eigenvalue weighted by molar-refractivity contribution is -0.122. The minimum Gasteiger partial charge on any atom is -0.478 e. The molecule has 21 heavy (non-hydrogen) atoms. The summed E-state index contributed by atoms with van der Waals surface area (Å²) < 4.78 is 0. The van der Waals surface area contributed by atoms with Crippen LogP contribution in [0.2, 0.25) is 0 Å². The first-order chi connectivity index (χ1) is 10.0. The lowest BCUT2D eigenvalue weighted by atomic mass is 9.78. The van der Waals surface area contributed by atoms with Crippen LogP contribution in [-0.2, 0) is 9.59 Å². The molecule has 1 aliphatic carbocycles. The van der Waals surface area contributed by atoms with Gasteiger partial charge in [-0.25, -0.2) is 4.79 Å². The summed E-state index contributed by atoms with van der Waals surface area (Å²) in [6, 6.07) is 5.95. The summed E-state index contributed by atoms with van der Waals surface area (Å²) in [6.07, 6.45) is 4.46. The van der Waals surface area contributed by atoms with Crippen molar-refractivity contribution in [3.63, 3.8) is 0 Å². The first kappa shape index (κ1) is 13.5. The average molecular weight is 285 g/mol. The quantitative estimate of drug-likeness (QED) is 0.667. The standard InChI is InChI=1S/C16H15NO4/c1-9-4-2-7-12-13(9)15(19)17(14(12)18)11-6-3-5-10(8-11)16(20)21/h2-6,8-9,12-13H,7H2,1H3,(H,20,21)/t9-,12-,13+/m0/s1. The van der Waals surface area contributed by atoms with Crippen LogP contribution in [0.25, 0.3) is 0 Å². The molecule has 0 aromatic heterocycles. The van der Waals surface area contributed by atoms with Gasteiger partial charge in [-0.05, 0) is 30.5 Å². The van der Waals surface area contributed by atoms with E-state index in [4.69, 9.17) is 5.11 Å². The first-order valence-electron chi connectivity index (χ1n) is 6.88. The fourth-order valence-electron chi connectivity index (χ4n) is 3.18. The molecule has 108 valence electrons. The van der Waals surface area contributed by atoms with Crippen LogP contribution in [0.3, 0.4) is 0 Å². The fraction of sp³-hybridized carbons (Fsp3) is 0.312. The van der Waals surface area contributed by atoms with Crippen LogP contribution in [0, 0.1) is 17.8 Å². The van der Waals surface area contributed by atoms with Crippen LogP contribution in [0.1, 0.15) is 23.7 Å². The van der Waals surface area contributed by atoms with E-state index in [1.54, 1.807) is 12.1 Å². The van der Waals surface area contributed by atoms with Crippen molar-refractivity contribution in [3.05, 3.63) is 42.0 Å². The Balaban J connectivity index is 2.00. The maximum atomic E-state index is 12.6. The lowest BCUT2D eigenvalue weighted by Gasteiger charge is -2.22. The second-order valence-corrected chi connectivity index (χ2v) is 5.52. The summed E-state index contributed by atoms with van der Waals surface area (Å²) in [4.78, 5) is 37.2. The number of carboxylic acids is 1. The molecular weight excluding hydrogens is 270 g/mol. The minimum atomic E-state index is -1.08. The molecule has 0 radical (unpaired) electrons. The Bertz CT molecular complexity index is 664. The smallest absolute Gasteiger partial charge is 0.335 e. The van der Waals surface area contributed by atoms with Crippen LogP contribution in [-0.4, -0.2) is 22.9 Å². The van der Waals surface area contributed by atoms with Crippen molar-refractivity contribution in [1.82, 2.24) is 0 Å². The van der Waals surface area contributed by atoms with E-state index in [9.17, 15) is 14.4 Å². The summed E-state index contributed by atoms with van der Waals surface area (Å²) in [6.45, 7) is 1.93. The number of hydrogen-bond acceptors (Lipinski definition) is 3. The van der Waals surface area contributed by atoms with Crippen molar-refractivity contribution >= 4 is 23.5 Å². The van der Waals surface area contributed by atoms with Crippen molar-refractivity contribution in [3.8, 4) is 0 Å². The van der Waals surface area contributed by atoms with E-state index < -0.39 is 5.97 Å². The fourth-order valence-corrected chi connectivity index (χ4v) is 3.18. The Morgan fingerprint density at radius 1 is 1.29 bits per heavy atom. The Hall–Kier alpha value is -2.43. The predicted octanol–water partition coefficient (Wildman–Crippen LogP) is 2.09. The lowest BCUT2D eigenvalue weighted by Crippen LogP contribution is -2.31. The third-order valence-corrected chi connectivity index (χ3v) is 4.22. The highest BCUT2D eigenvalue weighted by molar-refractivity contribution is 6.22. The van der Waals surface area contributed by atoms with Crippen molar-refractivity contribution in [2.75, 3.05) is 4.90 Å². The number of carbonyl (C=O) groups excluding carboxylic acids is 2. The number of carbonyl (C=O) groups is 3. The van der Waals surface area contributed by atoms with E-state index in [1.165, 1.54) is 12.1 Å². The van der Waals surface area contributed by atoms with Gasteiger partial charge in [0.2, 0.25) is 11.8 Å². The Labute approximate surface area is 121 Å². The molecule has 1 aromatic carbocycles. The van der Waals surface area contributed by atoms with Crippen molar-refractivity contribution in [1.29, 1.82) is 0 Å². The average Bonchev–Trinajstić information content (AvgIpc) is 2.72. The SMILES string of the molecule is C[C@H]1C=CC[C@@H]2C(=O)N(c3cccc(C(=O)O)c3)C(=O)[C@@H]21. The molecule has 1 saturated heterocycles. The second-order valence-electron chi connectivity index (χ2n) is 5.52. The van der Waals surface area contributed by atoms with Crippen molar-refractivity contribution in [2.45, 2.75) is 13.3 Å². The molecule has 5 nitrogen and oxygen atoms in total. The van der Waals surface area contributed by atoms with Crippen molar-refractivity contribution in [2.24, 2.45) is 17.8 Å². The number of fused-ring (bicyclic) bond motifs is 1. The molecule has 0 unspecified atom stereocenters. The zero-order valence-electron chi connectivity index (χ0n) is 11.5. The van der Waals surface area contributed by atoms with Crippen molar-refractivity contribution < 1.29 is 19.5 Å². The van der Waals surface area contributed by atoms with E-state index in [-0.39, 0.29) is 35.1 Å². The number of anilines is 1. The predicted molar refractivity (Wildman–Crippen MR) is 75.8 cm³/mol. The number of hydrogen-bond donors (Lipinski definition) is 1. The van der Waals surface area contributed by atoms with Crippen LogP contribution in [0.15, 0.2) is 36.4 Å². The summed E-state index contributed by atoms with van der Waals surface area (Å²) in [5, 5.41) is 9.03. The molecule has 1 aliphatic heterocycles. The van der Waals surface area contributed by atoms with Gasteiger partial charge in [0.15, 0.2) is 0 Å². The molecule has 0 bridgehead atoms. The van der Waals surface area contributed by atoms with Gasteiger partial charge < -0.3 is 5.11 Å². The molecule has 1 N–H and O–H groups in total. The molecule has 3 atom stereocenters. The van der Waals surface area contributed by atoms with E-state index in [0.29, 0.717) is 12.1 Å². The van der Waals surface area contributed by atoms with Gasteiger partial charge in [-0.1, -0.05) is 25.1 Å². The summed E-state index contributed by atoms with van der Waals surface area (Å²) in [5.41, 5.74) is 0.403. The van der Waals surface area contributed by atoms with Crippen LogP contribution < -0.4 is 4.90 Å². The number of allylic oxidation sites excluding steroid dienone is 2. The third kappa shape index (κ3) is 2.05. The molecule has 1 heterocycles. The monoisotopic (exact) mass is 285 g/mol. The van der Waals surface area contributed by atoms with E-state index in [1.807, 2.05) is 19.1 Å². The summed E-state index contributed by atoms with van der Waals surface area (Å²) in [7, 11) is 0. The first-order valence-corrected chi connectivity index (χ1v) is 6.88. The van der Waals surface area contributed by atoms with Gasteiger partial charge in [0.25, 0.3) is 0 Å². The molecule has 5 heteroatoms. The Morgan fingerprint density at radius 2 is 2.05 bits per heavy atom. The number of rotatable bonds is 2. The number of nitrogens with zero attached hydrogens (tertiary/aromatic N) is 1. The highest BCUT2D eigenvalue weighted by Crippen LogP contribution is 2.40. The number of aromatic carboxylic acids is 1. The number of benzene rings is 1. The van der Waals surface area contributed by atoms with Crippen LogP contribution in [0.4, 0.5) is 5.69 Å². The maximum Gasteiger partial charge on any atom is 0.335 e. The zero-order valence-corrected chi connectivity index (χ0v) is 11.5. The molecule has 1 fully saturated rings. The van der Waals surface area contributed by atoms with E-state index in [0.717, 1.165) is 4.90 Å². The highest BCUT2D eigenvalue weighted by Gasteiger charge is 2.50. The van der Waals surface area contributed by atoms with E-state index >= 15 is 0 Å². The third-order valence-electron chi connectivity index (χ3n) is 4.22. The van der Waals surface area contributed by atoms with Gasteiger partial charge in [-0.15, -0.1) is 0 Å². The van der Waals surface area contributed by atoms with Crippen LogP contribution in [0.5, 0.6) is 0 Å². The van der Waals surface area contributed by atoms with Gasteiger partial charge in [-0.3, -0.25) is 14.5 Å². The molecule has 0 spiro atoms. The molecule has 3 rings (SSSR count). The highest BCUT2D eigenvalue weighted by atomic mass is 16.4. The minimum absolute atomic E-state index is 0.0212. The van der Waals surface area contributed by atoms with Crippen LogP contribution >= 0.6 is 0 Å². The Kier molecular flexibility index (Phi) is 3.12.